The Hall–Kier alpha value is -2.41. The second-order valence-corrected chi connectivity index (χ2v) is 5.21. The molecule has 0 unspecified atom stereocenters. The standard InChI is InChI=1S/C14H12FN3O2S/c1-2-17(10-6-4-3-5-9(10)15)12-11(13(19)20)18-7-8-21-14(18)16-12/h3-8H,2H2,1H3,(H,19,20). The largest absolute Gasteiger partial charge is 0.476 e. The van der Waals surface area contributed by atoms with E-state index in [9.17, 15) is 14.3 Å². The lowest BCUT2D eigenvalue weighted by molar-refractivity contribution is 0.0690. The van der Waals surface area contributed by atoms with Crippen LogP contribution >= 0.6 is 11.3 Å². The number of thiazole rings is 1. The molecule has 0 aliphatic heterocycles. The molecule has 0 amide bonds. The van der Waals surface area contributed by atoms with Gasteiger partial charge in [-0.1, -0.05) is 12.1 Å². The van der Waals surface area contributed by atoms with Crippen molar-refractivity contribution in [3.8, 4) is 0 Å². The molecule has 2 heterocycles. The molecular weight excluding hydrogens is 293 g/mol. The van der Waals surface area contributed by atoms with E-state index >= 15 is 0 Å². The number of anilines is 2. The molecule has 0 aliphatic rings. The number of fused-ring (bicyclic) bond motifs is 1. The zero-order chi connectivity index (χ0) is 15.0. The van der Waals surface area contributed by atoms with Crippen LogP contribution in [-0.2, 0) is 0 Å². The van der Waals surface area contributed by atoms with E-state index in [1.807, 2.05) is 6.92 Å². The fourth-order valence-corrected chi connectivity index (χ4v) is 2.98. The molecule has 108 valence electrons. The molecular formula is C14H12FN3O2S. The van der Waals surface area contributed by atoms with Gasteiger partial charge in [-0.3, -0.25) is 4.40 Å². The molecule has 0 saturated carbocycles. The predicted octanol–water partition coefficient (Wildman–Crippen LogP) is 3.39. The van der Waals surface area contributed by atoms with Crippen LogP contribution in [0.3, 0.4) is 0 Å². The lowest BCUT2D eigenvalue weighted by atomic mass is 10.2. The maximum absolute atomic E-state index is 14.0. The van der Waals surface area contributed by atoms with Crippen LogP contribution in [0.2, 0.25) is 0 Å². The van der Waals surface area contributed by atoms with Crippen LogP contribution in [0, 0.1) is 5.82 Å². The normalized spacial score (nSPS) is 11.0. The van der Waals surface area contributed by atoms with Gasteiger partial charge in [0.1, 0.15) is 5.82 Å². The van der Waals surface area contributed by atoms with Gasteiger partial charge in [-0.25, -0.2) is 14.2 Å². The van der Waals surface area contributed by atoms with E-state index < -0.39 is 11.8 Å². The molecule has 5 nitrogen and oxygen atoms in total. The first-order chi connectivity index (χ1) is 10.1. The highest BCUT2D eigenvalue weighted by molar-refractivity contribution is 7.15. The summed E-state index contributed by atoms with van der Waals surface area (Å²) >= 11 is 1.34. The number of carboxylic acid groups (broad SMARTS) is 1. The average molecular weight is 305 g/mol. The topological polar surface area (TPSA) is 57.8 Å². The summed E-state index contributed by atoms with van der Waals surface area (Å²) in [5.41, 5.74) is 0.351. The molecule has 0 aliphatic carbocycles. The third kappa shape index (κ3) is 2.15. The summed E-state index contributed by atoms with van der Waals surface area (Å²) in [6.45, 7) is 2.23. The van der Waals surface area contributed by atoms with Crippen molar-refractivity contribution in [3.05, 3.63) is 47.4 Å². The van der Waals surface area contributed by atoms with Crippen LogP contribution in [0.15, 0.2) is 35.8 Å². The molecule has 1 aromatic carbocycles. The van der Waals surface area contributed by atoms with Gasteiger partial charge in [0.05, 0.1) is 5.69 Å². The molecule has 2 aromatic heterocycles. The Morgan fingerprint density at radius 3 is 2.90 bits per heavy atom. The first-order valence-corrected chi connectivity index (χ1v) is 7.22. The fourth-order valence-electron chi connectivity index (χ4n) is 2.27. The Morgan fingerprint density at radius 2 is 2.24 bits per heavy atom. The number of hydrogen-bond donors (Lipinski definition) is 1. The third-order valence-corrected chi connectivity index (χ3v) is 3.92. The Bertz CT molecular complexity index is 812. The number of aromatic nitrogens is 2. The van der Waals surface area contributed by atoms with Gasteiger partial charge in [0.15, 0.2) is 16.5 Å². The van der Waals surface area contributed by atoms with Gasteiger partial charge >= 0.3 is 5.97 Å². The van der Waals surface area contributed by atoms with Crippen LogP contribution < -0.4 is 4.90 Å². The second-order valence-electron chi connectivity index (χ2n) is 4.34. The van der Waals surface area contributed by atoms with Crippen molar-refractivity contribution in [2.75, 3.05) is 11.4 Å². The lowest BCUT2D eigenvalue weighted by Gasteiger charge is -2.21. The van der Waals surface area contributed by atoms with Crippen molar-refractivity contribution >= 4 is 33.8 Å². The molecule has 0 saturated heterocycles. The number of benzene rings is 1. The first kappa shape index (κ1) is 13.6. The highest BCUT2D eigenvalue weighted by Crippen LogP contribution is 2.31. The molecule has 0 fully saturated rings. The quantitative estimate of drug-likeness (QED) is 0.802. The van der Waals surface area contributed by atoms with Crippen LogP contribution in [0.5, 0.6) is 0 Å². The van der Waals surface area contributed by atoms with Gasteiger partial charge in [-0.2, -0.15) is 0 Å². The molecule has 0 radical (unpaired) electrons. The number of rotatable bonds is 4. The molecule has 21 heavy (non-hydrogen) atoms. The second kappa shape index (κ2) is 5.17. The van der Waals surface area contributed by atoms with Crippen molar-refractivity contribution in [2.24, 2.45) is 0 Å². The molecule has 0 bridgehead atoms. The molecule has 0 atom stereocenters. The molecule has 1 N–H and O–H groups in total. The zero-order valence-corrected chi connectivity index (χ0v) is 12.0. The van der Waals surface area contributed by atoms with E-state index in [-0.39, 0.29) is 11.5 Å². The van der Waals surface area contributed by atoms with Crippen molar-refractivity contribution in [1.29, 1.82) is 0 Å². The zero-order valence-electron chi connectivity index (χ0n) is 11.2. The average Bonchev–Trinajstić information content (AvgIpc) is 3.01. The smallest absolute Gasteiger partial charge is 0.356 e. The minimum absolute atomic E-state index is 0.0383. The molecule has 7 heteroatoms. The van der Waals surface area contributed by atoms with Gasteiger partial charge < -0.3 is 10.0 Å². The number of aromatic carboxylic acids is 1. The van der Waals surface area contributed by atoms with Gasteiger partial charge in [0.25, 0.3) is 0 Å². The molecule has 3 rings (SSSR count). The fraction of sp³-hybridized carbons (Fsp3) is 0.143. The van der Waals surface area contributed by atoms with E-state index in [1.54, 1.807) is 34.7 Å². The van der Waals surface area contributed by atoms with Crippen LogP contribution in [0.4, 0.5) is 15.9 Å². The highest BCUT2D eigenvalue weighted by Gasteiger charge is 2.25. The van der Waals surface area contributed by atoms with Crippen molar-refractivity contribution in [3.63, 3.8) is 0 Å². The third-order valence-electron chi connectivity index (χ3n) is 3.16. The summed E-state index contributed by atoms with van der Waals surface area (Å²) in [5, 5.41) is 11.2. The number of halogens is 1. The van der Waals surface area contributed by atoms with E-state index in [0.29, 0.717) is 17.2 Å². The van der Waals surface area contributed by atoms with Crippen molar-refractivity contribution in [2.45, 2.75) is 6.92 Å². The molecule has 0 spiro atoms. The number of carbonyl (C=O) groups is 1. The summed E-state index contributed by atoms with van der Waals surface area (Å²) in [4.78, 5) is 18.0. The van der Waals surface area contributed by atoms with Crippen LogP contribution in [0.1, 0.15) is 17.4 Å². The van der Waals surface area contributed by atoms with Gasteiger partial charge in [0.2, 0.25) is 0 Å². The van der Waals surface area contributed by atoms with E-state index in [0.717, 1.165) is 0 Å². The van der Waals surface area contributed by atoms with Crippen LogP contribution in [-0.4, -0.2) is 27.0 Å². The maximum atomic E-state index is 14.0. The number of imidazole rings is 1. The highest BCUT2D eigenvalue weighted by atomic mass is 32.1. The number of para-hydroxylation sites is 1. The number of carboxylic acids is 1. The first-order valence-electron chi connectivity index (χ1n) is 6.34. The van der Waals surface area contributed by atoms with Gasteiger partial charge in [-0.05, 0) is 19.1 Å². The van der Waals surface area contributed by atoms with Crippen molar-refractivity contribution < 1.29 is 14.3 Å². The van der Waals surface area contributed by atoms with Crippen molar-refractivity contribution in [1.82, 2.24) is 9.38 Å². The van der Waals surface area contributed by atoms with Crippen LogP contribution in [0.25, 0.3) is 4.96 Å². The summed E-state index contributed by atoms with van der Waals surface area (Å²) in [6.07, 6.45) is 1.65. The Balaban J connectivity index is 2.22. The Morgan fingerprint density at radius 1 is 1.48 bits per heavy atom. The predicted molar refractivity (Wildman–Crippen MR) is 79.1 cm³/mol. The van der Waals surface area contributed by atoms with E-state index in [1.165, 1.54) is 21.8 Å². The van der Waals surface area contributed by atoms with E-state index in [2.05, 4.69) is 4.98 Å². The summed E-state index contributed by atoms with van der Waals surface area (Å²) < 4.78 is 15.5. The lowest BCUT2D eigenvalue weighted by Crippen LogP contribution is -2.20. The van der Waals surface area contributed by atoms with Gasteiger partial charge in [0, 0.05) is 18.1 Å². The maximum Gasteiger partial charge on any atom is 0.356 e. The Labute approximate surface area is 123 Å². The van der Waals surface area contributed by atoms with E-state index in [4.69, 9.17) is 0 Å². The minimum atomic E-state index is -1.09. The SMILES string of the molecule is CCN(c1ccccc1F)c1nc2sccn2c1C(=O)O. The molecule has 3 aromatic rings. The minimum Gasteiger partial charge on any atom is -0.476 e. The van der Waals surface area contributed by atoms with Gasteiger partial charge in [-0.15, -0.1) is 11.3 Å². The summed E-state index contributed by atoms with van der Waals surface area (Å²) in [7, 11) is 0. The summed E-state index contributed by atoms with van der Waals surface area (Å²) in [5.74, 6) is -1.25. The number of hydrogen-bond acceptors (Lipinski definition) is 4. The monoisotopic (exact) mass is 305 g/mol. The number of nitrogens with zero attached hydrogens (tertiary/aromatic N) is 3. The Kier molecular flexibility index (Phi) is 3.34. The summed E-state index contributed by atoms with van der Waals surface area (Å²) in [6, 6.07) is 6.26.